The van der Waals surface area contributed by atoms with Crippen LogP contribution in [0.5, 0.6) is 0 Å². The lowest BCUT2D eigenvalue weighted by Gasteiger charge is -2.27. The standard InChI is InChI=1S/C21H19N3O5/c25-18(13-24-20(27)14-5-1-2-6-15(14)21(24)28)22-17-8-4-3-7-16(17)19(26)23-9-11-29-12-10-23/h1-8H,9-13H2,(H,22,25). The normalized spacial score (nSPS) is 16.0. The molecule has 0 spiro atoms. The van der Waals surface area contributed by atoms with Gasteiger partial charge in [0.05, 0.1) is 35.6 Å². The highest BCUT2D eigenvalue weighted by molar-refractivity contribution is 6.22. The molecule has 0 aromatic heterocycles. The lowest BCUT2D eigenvalue weighted by molar-refractivity contribution is -0.116. The van der Waals surface area contributed by atoms with Gasteiger partial charge in [0.25, 0.3) is 17.7 Å². The van der Waals surface area contributed by atoms with E-state index in [1.165, 1.54) is 0 Å². The zero-order valence-corrected chi connectivity index (χ0v) is 15.6. The maximum atomic E-state index is 12.8. The largest absolute Gasteiger partial charge is 0.378 e. The van der Waals surface area contributed by atoms with Crippen LogP contribution >= 0.6 is 0 Å². The number of benzene rings is 2. The van der Waals surface area contributed by atoms with Crippen LogP contribution in [0.3, 0.4) is 0 Å². The molecule has 148 valence electrons. The summed E-state index contributed by atoms with van der Waals surface area (Å²) in [5.41, 5.74) is 1.26. The first kappa shape index (κ1) is 18.8. The highest BCUT2D eigenvalue weighted by Gasteiger charge is 2.36. The van der Waals surface area contributed by atoms with Gasteiger partial charge in [-0.3, -0.25) is 24.1 Å². The summed E-state index contributed by atoms with van der Waals surface area (Å²) in [5, 5.41) is 2.66. The van der Waals surface area contributed by atoms with Crippen molar-refractivity contribution >= 4 is 29.3 Å². The van der Waals surface area contributed by atoms with Crippen molar-refractivity contribution in [1.82, 2.24) is 9.80 Å². The van der Waals surface area contributed by atoms with Crippen molar-refractivity contribution in [3.63, 3.8) is 0 Å². The Morgan fingerprint density at radius 2 is 1.48 bits per heavy atom. The third kappa shape index (κ3) is 3.62. The summed E-state index contributed by atoms with van der Waals surface area (Å²) in [6.45, 7) is 1.48. The van der Waals surface area contributed by atoms with Gasteiger partial charge in [-0.05, 0) is 24.3 Å². The molecule has 1 saturated heterocycles. The number of carbonyl (C=O) groups is 4. The number of amides is 4. The number of anilines is 1. The molecule has 1 fully saturated rings. The summed E-state index contributed by atoms with van der Waals surface area (Å²) in [6.07, 6.45) is 0. The van der Waals surface area contributed by atoms with Gasteiger partial charge in [0.1, 0.15) is 6.54 Å². The maximum Gasteiger partial charge on any atom is 0.262 e. The number of para-hydroxylation sites is 1. The van der Waals surface area contributed by atoms with Crippen LogP contribution in [0, 0.1) is 0 Å². The highest BCUT2D eigenvalue weighted by atomic mass is 16.5. The molecule has 0 radical (unpaired) electrons. The second-order valence-electron chi connectivity index (χ2n) is 6.74. The molecule has 0 unspecified atom stereocenters. The van der Waals surface area contributed by atoms with Gasteiger partial charge in [-0.1, -0.05) is 24.3 Å². The van der Waals surface area contributed by atoms with E-state index in [0.717, 1.165) is 4.90 Å². The Kier molecular flexibility index (Phi) is 5.09. The van der Waals surface area contributed by atoms with E-state index < -0.39 is 24.3 Å². The smallest absolute Gasteiger partial charge is 0.262 e. The van der Waals surface area contributed by atoms with Crippen molar-refractivity contribution in [3.05, 3.63) is 65.2 Å². The average Bonchev–Trinajstić information content (AvgIpc) is 2.99. The summed E-state index contributed by atoms with van der Waals surface area (Å²) in [4.78, 5) is 52.8. The molecule has 0 aliphatic carbocycles. The molecule has 2 aromatic rings. The quantitative estimate of drug-likeness (QED) is 0.792. The summed E-state index contributed by atoms with van der Waals surface area (Å²) in [7, 11) is 0. The van der Waals surface area contributed by atoms with E-state index in [4.69, 9.17) is 4.74 Å². The fourth-order valence-corrected chi connectivity index (χ4v) is 3.43. The number of fused-ring (bicyclic) bond motifs is 1. The molecule has 0 atom stereocenters. The number of carbonyl (C=O) groups excluding carboxylic acids is 4. The monoisotopic (exact) mass is 393 g/mol. The van der Waals surface area contributed by atoms with Crippen LogP contribution in [0.1, 0.15) is 31.1 Å². The van der Waals surface area contributed by atoms with E-state index in [-0.39, 0.29) is 17.0 Å². The van der Waals surface area contributed by atoms with Crippen molar-refractivity contribution in [3.8, 4) is 0 Å². The van der Waals surface area contributed by atoms with Crippen LogP contribution in [0.15, 0.2) is 48.5 Å². The zero-order chi connectivity index (χ0) is 20.4. The Hall–Kier alpha value is -3.52. The van der Waals surface area contributed by atoms with Gasteiger partial charge in [0.2, 0.25) is 5.91 Å². The Morgan fingerprint density at radius 1 is 0.897 bits per heavy atom. The number of morpholine rings is 1. The predicted molar refractivity (Wildman–Crippen MR) is 104 cm³/mol. The van der Waals surface area contributed by atoms with Gasteiger partial charge >= 0.3 is 0 Å². The number of nitrogens with zero attached hydrogens (tertiary/aromatic N) is 2. The van der Waals surface area contributed by atoms with Crippen LogP contribution in [0.2, 0.25) is 0 Å². The molecule has 2 aliphatic heterocycles. The third-order valence-corrected chi connectivity index (χ3v) is 4.91. The Morgan fingerprint density at radius 3 is 2.14 bits per heavy atom. The summed E-state index contributed by atoms with van der Waals surface area (Å²) in [5.74, 6) is -1.76. The van der Waals surface area contributed by atoms with Crippen LogP contribution < -0.4 is 5.32 Å². The number of nitrogens with one attached hydrogen (secondary N) is 1. The average molecular weight is 393 g/mol. The van der Waals surface area contributed by atoms with E-state index in [1.807, 2.05) is 0 Å². The molecule has 2 aromatic carbocycles. The Labute approximate surface area is 167 Å². The van der Waals surface area contributed by atoms with Crippen molar-refractivity contribution in [2.45, 2.75) is 0 Å². The molecule has 1 N–H and O–H groups in total. The zero-order valence-electron chi connectivity index (χ0n) is 15.6. The number of imide groups is 1. The molecule has 0 bridgehead atoms. The van der Waals surface area contributed by atoms with Crippen LogP contribution in [0.25, 0.3) is 0 Å². The number of ether oxygens (including phenoxy) is 1. The van der Waals surface area contributed by atoms with Gasteiger partial charge in [-0.15, -0.1) is 0 Å². The first-order valence-corrected chi connectivity index (χ1v) is 9.27. The summed E-state index contributed by atoms with van der Waals surface area (Å²) < 4.78 is 5.27. The fourth-order valence-electron chi connectivity index (χ4n) is 3.43. The van der Waals surface area contributed by atoms with Crippen molar-refractivity contribution in [2.24, 2.45) is 0 Å². The van der Waals surface area contributed by atoms with Gasteiger partial charge in [0.15, 0.2) is 0 Å². The molecule has 4 rings (SSSR count). The minimum absolute atomic E-state index is 0.204. The highest BCUT2D eigenvalue weighted by Crippen LogP contribution is 2.23. The number of hydrogen-bond acceptors (Lipinski definition) is 5. The van der Waals surface area contributed by atoms with E-state index in [1.54, 1.807) is 53.4 Å². The minimum atomic E-state index is -0.554. The molecular formula is C21H19N3O5. The van der Waals surface area contributed by atoms with E-state index in [9.17, 15) is 19.2 Å². The molecule has 2 aliphatic rings. The summed E-state index contributed by atoms with van der Waals surface area (Å²) in [6, 6.07) is 13.1. The van der Waals surface area contributed by atoms with Gasteiger partial charge < -0.3 is 15.0 Å². The van der Waals surface area contributed by atoms with Crippen LogP contribution in [-0.2, 0) is 9.53 Å². The molecule has 0 saturated carbocycles. The first-order chi connectivity index (χ1) is 14.1. The topological polar surface area (TPSA) is 96.0 Å². The van der Waals surface area contributed by atoms with Gasteiger partial charge in [-0.25, -0.2) is 0 Å². The molecular weight excluding hydrogens is 374 g/mol. The minimum Gasteiger partial charge on any atom is -0.378 e. The fraction of sp³-hybridized carbons (Fsp3) is 0.238. The predicted octanol–water partition coefficient (Wildman–Crippen LogP) is 1.39. The van der Waals surface area contributed by atoms with Crippen molar-refractivity contribution in [1.29, 1.82) is 0 Å². The molecule has 8 heteroatoms. The number of rotatable bonds is 4. The molecule has 2 heterocycles. The van der Waals surface area contributed by atoms with Gasteiger partial charge in [0, 0.05) is 13.1 Å². The first-order valence-electron chi connectivity index (χ1n) is 9.27. The SMILES string of the molecule is O=C(CN1C(=O)c2ccccc2C1=O)Nc1ccccc1C(=O)N1CCOCC1. The third-order valence-electron chi connectivity index (χ3n) is 4.91. The molecule has 4 amide bonds. The Bertz CT molecular complexity index is 962. The van der Waals surface area contributed by atoms with Crippen LogP contribution in [0.4, 0.5) is 5.69 Å². The van der Waals surface area contributed by atoms with Crippen LogP contribution in [-0.4, -0.2) is 66.3 Å². The second kappa shape index (κ2) is 7.84. The van der Waals surface area contributed by atoms with E-state index in [2.05, 4.69) is 5.32 Å². The van der Waals surface area contributed by atoms with Gasteiger partial charge in [-0.2, -0.15) is 0 Å². The van der Waals surface area contributed by atoms with Crippen molar-refractivity contribution < 1.29 is 23.9 Å². The second-order valence-corrected chi connectivity index (χ2v) is 6.74. The maximum absolute atomic E-state index is 12.8. The lowest BCUT2D eigenvalue weighted by atomic mass is 10.1. The lowest BCUT2D eigenvalue weighted by Crippen LogP contribution is -2.41. The number of hydrogen-bond donors (Lipinski definition) is 1. The van der Waals surface area contributed by atoms with E-state index >= 15 is 0 Å². The summed E-state index contributed by atoms with van der Waals surface area (Å²) >= 11 is 0. The molecule has 8 nitrogen and oxygen atoms in total. The Balaban J connectivity index is 1.48. The molecule has 29 heavy (non-hydrogen) atoms. The van der Waals surface area contributed by atoms with E-state index in [0.29, 0.717) is 37.6 Å². The van der Waals surface area contributed by atoms with Crippen molar-refractivity contribution in [2.75, 3.05) is 38.2 Å².